The zero-order valence-corrected chi connectivity index (χ0v) is 25.6. The molecule has 4 rings (SSSR count). The van der Waals surface area contributed by atoms with E-state index < -0.39 is 0 Å². The summed E-state index contributed by atoms with van der Waals surface area (Å²) in [7, 11) is 0. The van der Waals surface area contributed by atoms with Crippen LogP contribution in [0.2, 0.25) is 0 Å². The number of hydrogen-bond acceptors (Lipinski definition) is 3. The van der Waals surface area contributed by atoms with Crippen LogP contribution in [0.5, 0.6) is 0 Å². The summed E-state index contributed by atoms with van der Waals surface area (Å²) in [6.45, 7) is 18.8. The van der Waals surface area contributed by atoms with Gasteiger partial charge in [0.15, 0.2) is 0 Å². The van der Waals surface area contributed by atoms with Crippen LogP contribution >= 0.6 is 0 Å². The van der Waals surface area contributed by atoms with Gasteiger partial charge in [0.25, 0.3) is 5.82 Å². The minimum Gasteiger partial charge on any atom is -0.396 e. The lowest BCUT2D eigenvalue weighted by Crippen LogP contribution is -2.40. The zero-order chi connectivity index (χ0) is 29.0. The molecule has 0 aliphatic carbocycles. The number of hydrogen-bond donors (Lipinski definition) is 2. The number of anilines is 1. The standard InChI is InChI=1S/C35H47N4O/c1-23(2)28-17-12-18-29(24(3)4)33(28)38-32(27-15-10-9-11-16-27)35(36-21-14-22-40)39(37-38)34-30(25(5)6)19-13-20-31(34)26(7)8/h9-13,15-20,23-26,36,40H,14,21-22H2,1-8H3/q+1. The molecule has 0 atom stereocenters. The molecule has 1 aromatic heterocycles. The highest BCUT2D eigenvalue weighted by Crippen LogP contribution is 2.37. The number of aliphatic hydroxyl groups excluding tert-OH is 1. The predicted octanol–water partition coefficient (Wildman–Crippen LogP) is 8.10. The Balaban J connectivity index is 2.20. The molecule has 4 aromatic rings. The molecule has 212 valence electrons. The molecule has 0 spiro atoms. The van der Waals surface area contributed by atoms with Crippen LogP contribution in [-0.4, -0.2) is 28.2 Å². The summed E-state index contributed by atoms with van der Waals surface area (Å²) in [5.74, 6) is 2.25. The van der Waals surface area contributed by atoms with Crippen molar-refractivity contribution < 1.29 is 9.79 Å². The molecule has 0 aliphatic rings. The highest BCUT2D eigenvalue weighted by atomic mass is 16.3. The predicted molar refractivity (Wildman–Crippen MR) is 167 cm³/mol. The van der Waals surface area contributed by atoms with E-state index in [0.717, 1.165) is 28.5 Å². The van der Waals surface area contributed by atoms with Crippen molar-refractivity contribution in [3.63, 3.8) is 0 Å². The smallest absolute Gasteiger partial charge is 0.288 e. The third kappa shape index (κ3) is 5.85. The van der Waals surface area contributed by atoms with Gasteiger partial charge in [-0.2, -0.15) is 0 Å². The van der Waals surface area contributed by atoms with E-state index in [1.807, 2.05) is 0 Å². The highest BCUT2D eigenvalue weighted by molar-refractivity contribution is 5.73. The van der Waals surface area contributed by atoms with Crippen LogP contribution in [-0.2, 0) is 0 Å². The van der Waals surface area contributed by atoms with Crippen LogP contribution in [0.15, 0.2) is 66.7 Å². The average Bonchev–Trinajstić information content (AvgIpc) is 3.31. The van der Waals surface area contributed by atoms with Crippen LogP contribution < -0.4 is 10.00 Å². The Bertz CT molecular complexity index is 1360. The first kappa shape index (κ1) is 29.5. The van der Waals surface area contributed by atoms with Gasteiger partial charge >= 0.3 is 0 Å². The SMILES string of the molecule is CC(C)c1cccc(C(C)C)c1-n1n[n+](-c2c(C(C)C)cccc2C(C)C)c(NCCCO)c1-c1ccccc1. The summed E-state index contributed by atoms with van der Waals surface area (Å²) >= 11 is 0. The molecule has 0 radical (unpaired) electrons. The Morgan fingerprint density at radius 2 is 1.20 bits per heavy atom. The molecule has 0 amide bonds. The van der Waals surface area contributed by atoms with Gasteiger partial charge < -0.3 is 10.4 Å². The van der Waals surface area contributed by atoms with Crippen molar-refractivity contribution in [2.75, 3.05) is 18.5 Å². The molecule has 0 saturated carbocycles. The molecule has 0 aliphatic heterocycles. The van der Waals surface area contributed by atoms with Crippen LogP contribution in [0, 0.1) is 0 Å². The van der Waals surface area contributed by atoms with Gasteiger partial charge in [0.05, 0.1) is 6.54 Å². The number of nitrogens with one attached hydrogen (secondary N) is 1. The lowest BCUT2D eigenvalue weighted by Gasteiger charge is -2.18. The summed E-state index contributed by atoms with van der Waals surface area (Å²) in [5.41, 5.74) is 9.52. The van der Waals surface area contributed by atoms with E-state index in [1.54, 1.807) is 0 Å². The maximum absolute atomic E-state index is 9.66. The van der Waals surface area contributed by atoms with Gasteiger partial charge in [-0.25, -0.2) is 0 Å². The van der Waals surface area contributed by atoms with Gasteiger partial charge in [-0.1, -0.05) is 122 Å². The molecular weight excluding hydrogens is 492 g/mol. The molecule has 2 N–H and O–H groups in total. The molecule has 5 nitrogen and oxygen atoms in total. The number of aliphatic hydroxyl groups is 1. The van der Waals surface area contributed by atoms with Crippen LogP contribution in [0.1, 0.15) is 108 Å². The Kier molecular flexibility index (Phi) is 9.47. The molecule has 3 aromatic carbocycles. The van der Waals surface area contributed by atoms with Crippen molar-refractivity contribution >= 4 is 5.82 Å². The fourth-order valence-electron chi connectivity index (χ4n) is 5.50. The molecular formula is C35H47N4O+. The van der Waals surface area contributed by atoms with E-state index in [4.69, 9.17) is 5.21 Å². The number of aromatic nitrogens is 3. The molecule has 0 fully saturated rings. The van der Waals surface area contributed by atoms with Crippen LogP contribution in [0.25, 0.3) is 22.6 Å². The second kappa shape index (κ2) is 12.8. The summed E-state index contributed by atoms with van der Waals surface area (Å²) in [6, 6.07) is 23.9. The van der Waals surface area contributed by atoms with Crippen molar-refractivity contribution in [1.82, 2.24) is 9.90 Å². The third-order valence-corrected chi connectivity index (χ3v) is 7.61. The highest BCUT2D eigenvalue weighted by Gasteiger charge is 2.34. The summed E-state index contributed by atoms with van der Waals surface area (Å²) in [4.78, 5) is 0. The molecule has 0 saturated heterocycles. The fraction of sp³-hybridized carbons (Fsp3) is 0.429. The van der Waals surface area contributed by atoms with E-state index in [0.29, 0.717) is 36.6 Å². The average molecular weight is 540 g/mol. The Hall–Kier alpha value is -3.44. The number of benzene rings is 3. The maximum Gasteiger partial charge on any atom is 0.288 e. The van der Waals surface area contributed by atoms with Crippen molar-refractivity contribution in [3.8, 4) is 22.6 Å². The molecule has 0 bridgehead atoms. The van der Waals surface area contributed by atoms with Gasteiger partial charge in [-0.3, -0.25) is 0 Å². The quantitative estimate of drug-likeness (QED) is 0.150. The van der Waals surface area contributed by atoms with E-state index in [9.17, 15) is 5.11 Å². The van der Waals surface area contributed by atoms with E-state index in [-0.39, 0.29) is 6.61 Å². The second-order valence-electron chi connectivity index (χ2n) is 12.0. The van der Waals surface area contributed by atoms with Crippen molar-refractivity contribution in [3.05, 3.63) is 89.0 Å². The first-order valence-corrected chi connectivity index (χ1v) is 14.9. The van der Waals surface area contributed by atoms with Gasteiger partial charge in [0.2, 0.25) is 5.69 Å². The lowest BCUT2D eigenvalue weighted by molar-refractivity contribution is -0.648. The molecule has 1 heterocycles. The van der Waals surface area contributed by atoms with E-state index in [2.05, 4.69) is 137 Å². The number of nitrogens with zero attached hydrogens (tertiary/aromatic N) is 3. The minimum absolute atomic E-state index is 0.134. The Labute approximate surface area is 240 Å². The molecule has 5 heteroatoms. The number of para-hydroxylation sites is 2. The topological polar surface area (TPSA) is 54.0 Å². The maximum atomic E-state index is 9.66. The summed E-state index contributed by atoms with van der Waals surface area (Å²) < 4.78 is 4.33. The molecule has 40 heavy (non-hydrogen) atoms. The first-order valence-electron chi connectivity index (χ1n) is 14.9. The van der Waals surface area contributed by atoms with Crippen molar-refractivity contribution in [2.24, 2.45) is 0 Å². The summed E-state index contributed by atoms with van der Waals surface area (Å²) in [6.07, 6.45) is 0.655. The van der Waals surface area contributed by atoms with E-state index in [1.165, 1.54) is 22.3 Å². The van der Waals surface area contributed by atoms with Gasteiger partial charge in [0.1, 0.15) is 11.4 Å². The normalized spacial score (nSPS) is 11.8. The molecule has 0 unspecified atom stereocenters. The zero-order valence-electron chi connectivity index (χ0n) is 25.6. The Morgan fingerprint density at radius 3 is 1.68 bits per heavy atom. The largest absolute Gasteiger partial charge is 0.396 e. The lowest BCUT2D eigenvalue weighted by atomic mass is 9.92. The first-order chi connectivity index (χ1) is 19.2. The van der Waals surface area contributed by atoms with Gasteiger partial charge in [-0.05, 0) is 45.9 Å². The Morgan fingerprint density at radius 1 is 0.700 bits per heavy atom. The minimum atomic E-state index is 0.134. The second-order valence-corrected chi connectivity index (χ2v) is 12.0. The van der Waals surface area contributed by atoms with Crippen LogP contribution in [0.4, 0.5) is 5.82 Å². The number of rotatable bonds is 11. The van der Waals surface area contributed by atoms with E-state index >= 15 is 0 Å². The van der Waals surface area contributed by atoms with Crippen molar-refractivity contribution in [1.29, 1.82) is 0 Å². The summed E-state index contributed by atoms with van der Waals surface area (Å²) in [5, 5.41) is 18.9. The van der Waals surface area contributed by atoms with Crippen LogP contribution in [0.3, 0.4) is 0 Å². The van der Waals surface area contributed by atoms with Gasteiger partial charge in [-0.15, -0.1) is 9.36 Å². The monoisotopic (exact) mass is 539 g/mol. The fourth-order valence-corrected chi connectivity index (χ4v) is 5.50. The van der Waals surface area contributed by atoms with Gasteiger partial charge in [0, 0.05) is 23.8 Å². The van der Waals surface area contributed by atoms with Crippen molar-refractivity contribution in [2.45, 2.75) is 85.5 Å². The third-order valence-electron chi connectivity index (χ3n) is 7.61.